The summed E-state index contributed by atoms with van der Waals surface area (Å²) < 4.78 is 54.5. The van der Waals surface area contributed by atoms with Crippen LogP contribution in [-0.2, 0) is 19.4 Å². The van der Waals surface area contributed by atoms with E-state index in [0.717, 1.165) is 12.3 Å². The van der Waals surface area contributed by atoms with E-state index in [9.17, 15) is 18.0 Å². The van der Waals surface area contributed by atoms with E-state index in [1.165, 1.54) is 50.6 Å². The molecule has 5 rings (SSSR count). The van der Waals surface area contributed by atoms with Gasteiger partial charge in [0.05, 0.1) is 24.6 Å². The minimum atomic E-state index is -3.38. The highest BCUT2D eigenvalue weighted by Gasteiger charge is 2.56. The van der Waals surface area contributed by atoms with Crippen LogP contribution < -0.4 is 24.8 Å². The van der Waals surface area contributed by atoms with Crippen LogP contribution in [0.15, 0.2) is 65.6 Å². The van der Waals surface area contributed by atoms with Gasteiger partial charge >= 0.3 is 0 Å². The second kappa shape index (κ2) is 10.7. The molecule has 0 radical (unpaired) electrons. The fourth-order valence-corrected chi connectivity index (χ4v) is 4.75. The third-order valence-corrected chi connectivity index (χ3v) is 7.68. The van der Waals surface area contributed by atoms with Crippen molar-refractivity contribution in [2.75, 3.05) is 31.1 Å². The van der Waals surface area contributed by atoms with Gasteiger partial charge in [0.25, 0.3) is 11.8 Å². The van der Waals surface area contributed by atoms with Crippen LogP contribution in [-0.4, -0.2) is 50.7 Å². The van der Waals surface area contributed by atoms with Gasteiger partial charge in [0.15, 0.2) is 27.2 Å². The maximum atomic E-state index is 15.0. The van der Waals surface area contributed by atoms with E-state index in [1.807, 2.05) is 0 Å². The van der Waals surface area contributed by atoms with Gasteiger partial charge < -0.3 is 24.8 Å². The topological polar surface area (TPSA) is 146 Å². The zero-order chi connectivity index (χ0) is 29.4. The molecule has 0 aliphatic heterocycles. The molecule has 0 atom stereocenters. The highest BCUT2D eigenvalue weighted by atomic mass is 32.2. The average molecular weight is 581 g/mol. The molecule has 1 aliphatic rings. The minimum absolute atomic E-state index is 0.108. The first-order valence-electron chi connectivity index (χ1n) is 12.3. The van der Waals surface area contributed by atoms with E-state index in [4.69, 9.17) is 14.2 Å². The van der Waals surface area contributed by atoms with Crippen molar-refractivity contribution in [1.29, 1.82) is 0 Å². The third kappa shape index (κ3) is 5.61. The Morgan fingerprint density at radius 3 is 2.05 bits per heavy atom. The fourth-order valence-electron chi connectivity index (χ4n) is 4.12. The lowest BCUT2D eigenvalue weighted by atomic mass is 10.0. The van der Waals surface area contributed by atoms with Crippen LogP contribution >= 0.6 is 0 Å². The summed E-state index contributed by atoms with van der Waals surface area (Å²) in [5, 5.41) is 5.25. The van der Waals surface area contributed by atoms with Crippen molar-refractivity contribution in [3.63, 3.8) is 0 Å². The molecule has 0 bridgehead atoms. The number of rotatable bonds is 9. The first-order chi connectivity index (χ1) is 19.5. The number of carbonyl (C=O) groups excluding carboxylic acids is 2. The molecule has 1 aliphatic carbocycles. The number of amides is 2. The summed E-state index contributed by atoms with van der Waals surface area (Å²) in [7, 11) is -0.528. The van der Waals surface area contributed by atoms with Crippen LogP contribution in [0.1, 0.15) is 12.8 Å². The Bertz CT molecular complexity index is 1770. The van der Waals surface area contributed by atoms with Gasteiger partial charge in [0.2, 0.25) is 11.8 Å². The number of anilines is 2. The van der Waals surface area contributed by atoms with Crippen molar-refractivity contribution < 1.29 is 36.6 Å². The number of para-hydroxylation sites is 1. The first-order valence-corrected chi connectivity index (χ1v) is 14.2. The van der Waals surface area contributed by atoms with E-state index in [1.54, 1.807) is 18.2 Å². The molecule has 0 unspecified atom stereocenters. The van der Waals surface area contributed by atoms with Gasteiger partial charge in [0, 0.05) is 23.7 Å². The molecule has 0 saturated heterocycles. The van der Waals surface area contributed by atoms with Gasteiger partial charge in [-0.1, -0.05) is 6.07 Å². The minimum Gasteiger partial charge on any atom is -0.477 e. The lowest BCUT2D eigenvalue weighted by Crippen LogP contribution is -2.35. The molecule has 1 fully saturated rings. The number of halogens is 1. The molecule has 3 aromatic carbocycles. The Labute approximate surface area is 234 Å². The summed E-state index contributed by atoms with van der Waals surface area (Å²) in [6.07, 6.45) is 1.71. The largest absolute Gasteiger partial charge is 0.477 e. The number of ether oxygens (including phenoxy) is 3. The van der Waals surface area contributed by atoms with E-state index < -0.39 is 32.9 Å². The van der Waals surface area contributed by atoms with Crippen molar-refractivity contribution in [1.82, 2.24) is 9.97 Å². The maximum Gasteiger partial charge on any atom is 0.278 e. The van der Waals surface area contributed by atoms with Crippen LogP contribution in [0.3, 0.4) is 0 Å². The van der Waals surface area contributed by atoms with Gasteiger partial charge in [-0.3, -0.25) is 9.59 Å². The summed E-state index contributed by atoms with van der Waals surface area (Å²) in [4.78, 5) is 34.7. The highest BCUT2D eigenvalue weighted by molar-refractivity contribution is 7.90. The van der Waals surface area contributed by atoms with E-state index in [0.29, 0.717) is 29.6 Å². The first kappa shape index (κ1) is 27.8. The summed E-state index contributed by atoms with van der Waals surface area (Å²) in [5.74, 6) is -1.44. The van der Waals surface area contributed by atoms with Gasteiger partial charge in [-0.15, -0.1) is 0 Å². The predicted octanol–water partition coefficient (Wildman–Crippen LogP) is 4.34. The van der Waals surface area contributed by atoms with Crippen LogP contribution in [0.25, 0.3) is 11.0 Å². The highest BCUT2D eigenvalue weighted by Crippen LogP contribution is 2.47. The molecule has 41 heavy (non-hydrogen) atoms. The molecule has 0 spiro atoms. The van der Waals surface area contributed by atoms with Gasteiger partial charge in [-0.25, -0.2) is 22.8 Å². The number of aromatic nitrogens is 2. The summed E-state index contributed by atoms with van der Waals surface area (Å²) in [6, 6.07) is 14.5. The molecule has 1 saturated carbocycles. The molecule has 11 nitrogen and oxygen atoms in total. The molecular weight excluding hydrogens is 555 g/mol. The lowest BCUT2D eigenvalue weighted by Gasteiger charge is -2.16. The molecule has 1 heterocycles. The maximum absolute atomic E-state index is 15.0. The summed E-state index contributed by atoms with van der Waals surface area (Å²) >= 11 is 0. The van der Waals surface area contributed by atoms with Crippen molar-refractivity contribution in [2.45, 2.75) is 17.7 Å². The van der Waals surface area contributed by atoms with Gasteiger partial charge in [-0.05, 0) is 61.4 Å². The number of fused-ring (bicyclic) bond motifs is 1. The Kier molecular flexibility index (Phi) is 7.22. The molecule has 212 valence electrons. The predicted molar refractivity (Wildman–Crippen MR) is 148 cm³/mol. The average Bonchev–Trinajstić information content (AvgIpc) is 3.76. The van der Waals surface area contributed by atoms with Crippen LogP contribution in [0.2, 0.25) is 0 Å². The van der Waals surface area contributed by atoms with Gasteiger partial charge in [0.1, 0.15) is 10.9 Å². The van der Waals surface area contributed by atoms with E-state index in [2.05, 4.69) is 20.6 Å². The van der Waals surface area contributed by atoms with Crippen LogP contribution in [0.4, 0.5) is 15.8 Å². The number of nitrogens with zero attached hydrogens (tertiary/aromatic N) is 2. The molecule has 2 N–H and O–H groups in total. The Balaban J connectivity index is 1.29. The number of hydrogen-bond acceptors (Lipinski definition) is 9. The summed E-state index contributed by atoms with van der Waals surface area (Å²) in [6.45, 7) is 0. The number of methoxy groups -OCH3 is 2. The Morgan fingerprint density at radius 1 is 0.854 bits per heavy atom. The van der Waals surface area contributed by atoms with Gasteiger partial charge in [-0.2, -0.15) is 0 Å². The molecule has 1 aromatic heterocycles. The number of sulfone groups is 1. The fraction of sp³-hybridized carbons (Fsp3) is 0.214. The standard InChI is InChI=1S/C28H25FN4O7S/c1-38-24-25(39-2)33-23-20(32-24)5-4-6-22(23)40-21-12-9-17(15-19(21)29)31-27(35)28(13-14-28)26(34)30-16-7-10-18(11-8-16)41(3,36)37/h4-12,15H,13-14H2,1-3H3,(H,30,34)(H,31,35). The quantitative estimate of drug-likeness (QED) is 0.276. The third-order valence-electron chi connectivity index (χ3n) is 6.55. The Morgan fingerprint density at radius 2 is 1.46 bits per heavy atom. The smallest absolute Gasteiger partial charge is 0.278 e. The van der Waals surface area contributed by atoms with E-state index in [-0.39, 0.29) is 33.8 Å². The second-order valence-corrected chi connectivity index (χ2v) is 11.4. The van der Waals surface area contributed by atoms with Crippen molar-refractivity contribution in [2.24, 2.45) is 5.41 Å². The molecular formula is C28H25FN4O7S. The van der Waals surface area contributed by atoms with E-state index >= 15 is 4.39 Å². The van der Waals surface area contributed by atoms with Crippen molar-refractivity contribution >= 4 is 44.1 Å². The lowest BCUT2D eigenvalue weighted by molar-refractivity contribution is -0.131. The SMILES string of the molecule is COc1nc2cccc(Oc3ccc(NC(=O)C4(C(=O)Nc5ccc(S(C)(=O)=O)cc5)CC4)cc3F)c2nc1OC. The number of hydrogen-bond donors (Lipinski definition) is 2. The monoisotopic (exact) mass is 580 g/mol. The molecule has 13 heteroatoms. The summed E-state index contributed by atoms with van der Waals surface area (Å²) in [5.41, 5.74) is -0.0507. The van der Waals surface area contributed by atoms with Crippen LogP contribution in [0.5, 0.6) is 23.3 Å². The number of carbonyl (C=O) groups is 2. The number of nitrogens with one attached hydrogen (secondary N) is 2. The molecule has 4 aromatic rings. The van der Waals surface area contributed by atoms with Crippen molar-refractivity contribution in [3.8, 4) is 23.3 Å². The normalized spacial score (nSPS) is 13.8. The van der Waals surface area contributed by atoms with Crippen molar-refractivity contribution in [3.05, 3.63) is 66.5 Å². The molecule has 2 amide bonds. The van der Waals surface area contributed by atoms with Crippen LogP contribution in [0, 0.1) is 11.2 Å². The zero-order valence-corrected chi connectivity index (χ0v) is 23.0. The zero-order valence-electron chi connectivity index (χ0n) is 22.2. The second-order valence-electron chi connectivity index (χ2n) is 9.40. The Hall–Kier alpha value is -4.78. The number of benzene rings is 3.